The predicted octanol–water partition coefficient (Wildman–Crippen LogP) is 3.82. The van der Waals surface area contributed by atoms with Crippen molar-refractivity contribution in [1.82, 2.24) is 4.98 Å². The van der Waals surface area contributed by atoms with Crippen LogP contribution in [0, 0.1) is 6.92 Å². The van der Waals surface area contributed by atoms with Gasteiger partial charge in [0.2, 0.25) is 0 Å². The first kappa shape index (κ1) is 10.1. The first-order valence-corrected chi connectivity index (χ1v) is 4.66. The predicted molar refractivity (Wildman–Crippen MR) is 55.1 cm³/mol. The number of rotatable bonds is 0. The molecule has 0 saturated carbocycles. The van der Waals surface area contributed by atoms with Gasteiger partial charge >= 0.3 is 0 Å². The fraction of sp³-hybridized carbons (Fsp3) is 0.300. The Kier molecular flexibility index (Phi) is 3.32. The zero-order chi connectivity index (χ0) is 9.84. The van der Waals surface area contributed by atoms with E-state index in [4.69, 9.17) is 16.0 Å². The van der Waals surface area contributed by atoms with E-state index in [1.165, 1.54) is 0 Å². The molecule has 3 heteroatoms. The van der Waals surface area contributed by atoms with Crippen LogP contribution in [-0.4, -0.2) is 4.98 Å². The van der Waals surface area contributed by atoms with Crippen molar-refractivity contribution in [3.63, 3.8) is 0 Å². The van der Waals surface area contributed by atoms with Crippen molar-refractivity contribution in [2.24, 2.45) is 0 Å². The van der Waals surface area contributed by atoms with Gasteiger partial charge in [0, 0.05) is 12.3 Å². The molecule has 70 valence electrons. The Morgan fingerprint density at radius 3 is 2.69 bits per heavy atom. The third kappa shape index (κ3) is 2.01. The largest absolute Gasteiger partial charge is 0.458 e. The number of hydrogen-bond donors (Lipinski definition) is 0. The molecule has 0 spiro atoms. The maximum atomic E-state index is 5.84. The molecule has 0 saturated heterocycles. The van der Waals surface area contributed by atoms with Gasteiger partial charge in [0.1, 0.15) is 11.3 Å². The van der Waals surface area contributed by atoms with Crippen molar-refractivity contribution in [3.05, 3.63) is 29.1 Å². The summed E-state index contributed by atoms with van der Waals surface area (Å²) in [6.45, 7) is 5.87. The van der Waals surface area contributed by atoms with Gasteiger partial charge in [-0.25, -0.2) is 0 Å². The van der Waals surface area contributed by atoms with Gasteiger partial charge < -0.3 is 4.42 Å². The summed E-state index contributed by atoms with van der Waals surface area (Å²) in [5.41, 5.74) is 1.49. The second kappa shape index (κ2) is 4.28. The van der Waals surface area contributed by atoms with Gasteiger partial charge in [-0.05, 0) is 13.0 Å². The maximum Gasteiger partial charge on any atom is 0.171 e. The van der Waals surface area contributed by atoms with Gasteiger partial charge in [-0.15, -0.1) is 0 Å². The number of hydrogen-bond acceptors (Lipinski definition) is 2. The van der Waals surface area contributed by atoms with Crippen molar-refractivity contribution >= 4 is 22.7 Å². The van der Waals surface area contributed by atoms with E-state index in [-0.39, 0.29) is 0 Å². The minimum atomic E-state index is 0.614. The van der Waals surface area contributed by atoms with Gasteiger partial charge in [-0.3, -0.25) is 4.98 Å². The molecule has 0 aliphatic heterocycles. The SMILES string of the molecule is CC.Cc1cc2nccc(Cl)c2o1. The van der Waals surface area contributed by atoms with Gasteiger partial charge in [0.15, 0.2) is 5.58 Å². The van der Waals surface area contributed by atoms with Crippen molar-refractivity contribution in [2.75, 3.05) is 0 Å². The zero-order valence-corrected chi connectivity index (χ0v) is 8.72. The summed E-state index contributed by atoms with van der Waals surface area (Å²) < 4.78 is 5.30. The van der Waals surface area contributed by atoms with Gasteiger partial charge in [0.25, 0.3) is 0 Å². The van der Waals surface area contributed by atoms with E-state index in [1.54, 1.807) is 12.3 Å². The van der Waals surface area contributed by atoms with Gasteiger partial charge in [-0.1, -0.05) is 25.4 Å². The van der Waals surface area contributed by atoms with Crippen LogP contribution in [0.1, 0.15) is 19.6 Å². The highest BCUT2D eigenvalue weighted by Gasteiger charge is 2.03. The molecule has 0 aromatic carbocycles. The summed E-state index contributed by atoms with van der Waals surface area (Å²) >= 11 is 5.84. The molecule has 2 heterocycles. The molecule has 2 nitrogen and oxygen atoms in total. The fourth-order valence-electron chi connectivity index (χ4n) is 1.03. The van der Waals surface area contributed by atoms with Crippen LogP contribution in [0.2, 0.25) is 5.02 Å². The minimum absolute atomic E-state index is 0.614. The lowest BCUT2D eigenvalue weighted by Gasteiger charge is -1.88. The van der Waals surface area contributed by atoms with Crippen molar-refractivity contribution in [1.29, 1.82) is 0 Å². The summed E-state index contributed by atoms with van der Waals surface area (Å²) in [6.07, 6.45) is 1.67. The molecule has 0 fully saturated rings. The Morgan fingerprint density at radius 2 is 2.08 bits per heavy atom. The normalized spacial score (nSPS) is 9.54. The average molecular weight is 198 g/mol. The number of fused-ring (bicyclic) bond motifs is 1. The standard InChI is InChI=1S/C8H6ClNO.C2H6/c1-5-4-7-8(11-5)6(9)2-3-10-7;1-2/h2-4H,1H3;1-2H3. The highest BCUT2D eigenvalue weighted by atomic mass is 35.5. The Balaban J connectivity index is 0.000000396. The number of aryl methyl sites for hydroxylation is 1. The monoisotopic (exact) mass is 197 g/mol. The van der Waals surface area contributed by atoms with Crippen LogP contribution in [0.5, 0.6) is 0 Å². The van der Waals surface area contributed by atoms with E-state index in [0.29, 0.717) is 10.6 Å². The van der Waals surface area contributed by atoms with E-state index in [0.717, 1.165) is 11.3 Å². The minimum Gasteiger partial charge on any atom is -0.458 e. The molecule has 0 radical (unpaired) electrons. The van der Waals surface area contributed by atoms with Crippen LogP contribution < -0.4 is 0 Å². The number of aromatic nitrogens is 1. The van der Waals surface area contributed by atoms with Crippen LogP contribution in [-0.2, 0) is 0 Å². The topological polar surface area (TPSA) is 26.0 Å². The highest BCUT2D eigenvalue weighted by molar-refractivity contribution is 6.34. The van der Waals surface area contributed by atoms with Crippen LogP contribution >= 0.6 is 11.6 Å². The number of nitrogens with zero attached hydrogens (tertiary/aromatic N) is 1. The molecule has 2 aromatic rings. The highest BCUT2D eigenvalue weighted by Crippen LogP contribution is 2.23. The van der Waals surface area contributed by atoms with Crippen LogP contribution in [0.4, 0.5) is 0 Å². The number of halogens is 1. The third-order valence-corrected chi connectivity index (χ3v) is 1.78. The van der Waals surface area contributed by atoms with Crippen LogP contribution in [0.15, 0.2) is 22.7 Å². The number of furan rings is 1. The molecule has 0 unspecified atom stereocenters. The van der Waals surface area contributed by atoms with Crippen molar-refractivity contribution in [2.45, 2.75) is 20.8 Å². The molecular weight excluding hydrogens is 186 g/mol. The van der Waals surface area contributed by atoms with Gasteiger partial charge in [0.05, 0.1) is 5.02 Å². The fourth-order valence-corrected chi connectivity index (χ4v) is 1.22. The molecule has 0 aliphatic carbocycles. The first-order chi connectivity index (χ1) is 6.27. The van der Waals surface area contributed by atoms with E-state index in [1.807, 2.05) is 26.8 Å². The summed E-state index contributed by atoms with van der Waals surface area (Å²) in [5.74, 6) is 0.834. The second-order valence-corrected chi connectivity index (χ2v) is 2.77. The Morgan fingerprint density at radius 1 is 1.38 bits per heavy atom. The second-order valence-electron chi connectivity index (χ2n) is 2.36. The Labute approximate surface area is 82.5 Å². The summed E-state index contributed by atoms with van der Waals surface area (Å²) in [4.78, 5) is 4.08. The summed E-state index contributed by atoms with van der Waals surface area (Å²) in [7, 11) is 0. The molecule has 0 atom stereocenters. The Bertz CT molecular complexity index is 395. The molecular formula is C10H12ClNO. The number of pyridine rings is 1. The van der Waals surface area contributed by atoms with E-state index >= 15 is 0 Å². The molecule has 2 rings (SSSR count). The van der Waals surface area contributed by atoms with Crippen LogP contribution in [0.25, 0.3) is 11.1 Å². The summed E-state index contributed by atoms with van der Waals surface area (Å²) in [6, 6.07) is 3.58. The molecule has 13 heavy (non-hydrogen) atoms. The molecule has 0 aliphatic rings. The first-order valence-electron chi connectivity index (χ1n) is 4.28. The molecule has 2 aromatic heterocycles. The third-order valence-electron chi connectivity index (χ3n) is 1.49. The zero-order valence-electron chi connectivity index (χ0n) is 7.97. The lowest BCUT2D eigenvalue weighted by Crippen LogP contribution is -1.70. The summed E-state index contributed by atoms with van der Waals surface area (Å²) in [5, 5.41) is 0.614. The van der Waals surface area contributed by atoms with Crippen molar-refractivity contribution < 1.29 is 4.42 Å². The smallest absolute Gasteiger partial charge is 0.171 e. The molecule has 0 amide bonds. The van der Waals surface area contributed by atoms with E-state index in [2.05, 4.69) is 4.98 Å². The van der Waals surface area contributed by atoms with E-state index < -0.39 is 0 Å². The van der Waals surface area contributed by atoms with E-state index in [9.17, 15) is 0 Å². The quantitative estimate of drug-likeness (QED) is 0.642. The maximum absolute atomic E-state index is 5.84. The molecule has 0 bridgehead atoms. The lowest BCUT2D eigenvalue weighted by molar-refractivity contribution is 0.578. The average Bonchev–Trinajstić information content (AvgIpc) is 2.51. The van der Waals surface area contributed by atoms with Crippen LogP contribution in [0.3, 0.4) is 0 Å². The molecule has 0 N–H and O–H groups in total. The van der Waals surface area contributed by atoms with Gasteiger partial charge in [-0.2, -0.15) is 0 Å². The Hall–Kier alpha value is -1.02. The lowest BCUT2D eigenvalue weighted by atomic mass is 10.4. The van der Waals surface area contributed by atoms with Crippen molar-refractivity contribution in [3.8, 4) is 0 Å².